The molecule has 0 bridgehead atoms. The molecule has 0 saturated heterocycles. The monoisotopic (exact) mass is 367 g/mol. The molecule has 9 heteroatoms. The fraction of sp³-hybridized carbons (Fsp3) is 0.0833. The summed E-state index contributed by atoms with van der Waals surface area (Å²) in [6, 6.07) is 3.27. The Balaban J connectivity index is 2.42. The average Bonchev–Trinajstić information content (AvgIpc) is 2.37. The molecule has 0 atom stereocenters. The fourth-order valence-corrected chi connectivity index (χ4v) is 1.84. The van der Waals surface area contributed by atoms with Crippen LogP contribution in [0.5, 0.6) is 0 Å². The lowest BCUT2D eigenvalue weighted by molar-refractivity contribution is -0.137. The van der Waals surface area contributed by atoms with Gasteiger partial charge in [0, 0.05) is 10.5 Å². The number of rotatable bonds is 2. The zero-order valence-electron chi connectivity index (χ0n) is 10.1. The number of hydrogen-bond acceptors (Lipinski definition) is 3. The van der Waals surface area contributed by atoms with E-state index in [0.29, 0.717) is 6.07 Å². The van der Waals surface area contributed by atoms with Gasteiger partial charge in [0.2, 0.25) is 0 Å². The van der Waals surface area contributed by atoms with E-state index < -0.39 is 35.0 Å². The molecule has 2 aromatic rings. The molecule has 112 valence electrons. The Kier molecular flexibility index (Phi) is 4.04. The van der Waals surface area contributed by atoms with Crippen LogP contribution in [0.25, 0.3) is 0 Å². The van der Waals surface area contributed by atoms with Crippen molar-refractivity contribution in [2.24, 2.45) is 0 Å². The summed E-state index contributed by atoms with van der Waals surface area (Å²) in [6.45, 7) is 0. The molecule has 0 amide bonds. The van der Waals surface area contributed by atoms with Gasteiger partial charge in [0.05, 0.1) is 11.3 Å². The number of nitrogens with zero attached hydrogens (tertiary/aromatic N) is 1. The molecule has 1 aromatic heterocycles. The number of anilines is 3. The number of nitrogens with one attached hydrogen (secondary N) is 1. The highest BCUT2D eigenvalue weighted by molar-refractivity contribution is 9.10. The molecule has 0 radical (unpaired) electrons. The normalized spacial score (nSPS) is 11.5. The minimum Gasteiger partial charge on any atom is -0.381 e. The standard InChI is InChI=1S/C12H7BrF5N3/c13-6-2-1-5(12(16,17)18)3-9(6)20-11-8(15)4-7(14)10(19)21-11/h1-4H,(H3,19,20,21). The highest BCUT2D eigenvalue weighted by Gasteiger charge is 2.31. The lowest BCUT2D eigenvalue weighted by atomic mass is 10.2. The summed E-state index contributed by atoms with van der Waals surface area (Å²) in [5.41, 5.74) is 4.19. The van der Waals surface area contributed by atoms with Crippen LogP contribution in [-0.2, 0) is 6.18 Å². The van der Waals surface area contributed by atoms with Crippen LogP contribution in [0, 0.1) is 11.6 Å². The number of benzene rings is 1. The number of pyridine rings is 1. The lowest BCUT2D eigenvalue weighted by Gasteiger charge is -2.13. The van der Waals surface area contributed by atoms with Gasteiger partial charge in [0.25, 0.3) is 0 Å². The van der Waals surface area contributed by atoms with Crippen molar-refractivity contribution in [1.29, 1.82) is 0 Å². The zero-order valence-corrected chi connectivity index (χ0v) is 11.7. The van der Waals surface area contributed by atoms with Gasteiger partial charge in [0.1, 0.15) is 0 Å². The van der Waals surface area contributed by atoms with E-state index in [1.165, 1.54) is 0 Å². The van der Waals surface area contributed by atoms with Crippen LogP contribution in [0.2, 0.25) is 0 Å². The SMILES string of the molecule is Nc1nc(Nc2cc(C(F)(F)F)ccc2Br)c(F)cc1F. The topological polar surface area (TPSA) is 50.9 Å². The predicted octanol–water partition coefficient (Wildman–Crippen LogP) is 4.47. The van der Waals surface area contributed by atoms with Gasteiger partial charge in [-0.05, 0) is 34.1 Å². The molecule has 1 heterocycles. The van der Waals surface area contributed by atoms with Gasteiger partial charge in [-0.15, -0.1) is 0 Å². The molecule has 0 saturated carbocycles. The van der Waals surface area contributed by atoms with Crippen LogP contribution in [0.4, 0.5) is 39.3 Å². The van der Waals surface area contributed by atoms with E-state index in [-0.39, 0.29) is 10.2 Å². The van der Waals surface area contributed by atoms with Crippen molar-refractivity contribution in [3.63, 3.8) is 0 Å². The Morgan fingerprint density at radius 2 is 1.76 bits per heavy atom. The molecule has 3 nitrogen and oxygen atoms in total. The Morgan fingerprint density at radius 1 is 1.10 bits per heavy atom. The molecule has 0 aliphatic heterocycles. The maximum Gasteiger partial charge on any atom is 0.416 e. The largest absolute Gasteiger partial charge is 0.416 e. The molecule has 21 heavy (non-hydrogen) atoms. The number of alkyl halides is 3. The quantitative estimate of drug-likeness (QED) is 0.770. The number of nitrogen functional groups attached to an aromatic ring is 1. The minimum atomic E-state index is -4.55. The first kappa shape index (κ1) is 15.5. The lowest BCUT2D eigenvalue weighted by Crippen LogP contribution is -2.07. The van der Waals surface area contributed by atoms with Crippen molar-refractivity contribution < 1.29 is 22.0 Å². The van der Waals surface area contributed by atoms with Gasteiger partial charge >= 0.3 is 6.18 Å². The molecule has 0 spiro atoms. The fourth-order valence-electron chi connectivity index (χ4n) is 1.49. The van der Waals surface area contributed by atoms with E-state index in [0.717, 1.165) is 18.2 Å². The second-order valence-corrected chi connectivity index (χ2v) is 4.86. The van der Waals surface area contributed by atoms with Crippen LogP contribution in [0.3, 0.4) is 0 Å². The van der Waals surface area contributed by atoms with Crippen LogP contribution in [-0.4, -0.2) is 4.98 Å². The van der Waals surface area contributed by atoms with Crippen LogP contribution in [0.15, 0.2) is 28.7 Å². The van der Waals surface area contributed by atoms with Crippen molar-refractivity contribution in [3.8, 4) is 0 Å². The predicted molar refractivity (Wildman–Crippen MR) is 71.0 cm³/mol. The summed E-state index contributed by atoms with van der Waals surface area (Å²) < 4.78 is 64.7. The van der Waals surface area contributed by atoms with Crippen molar-refractivity contribution in [1.82, 2.24) is 4.98 Å². The van der Waals surface area contributed by atoms with Gasteiger partial charge in [-0.2, -0.15) is 13.2 Å². The Morgan fingerprint density at radius 3 is 2.38 bits per heavy atom. The van der Waals surface area contributed by atoms with Crippen molar-refractivity contribution in [2.45, 2.75) is 6.18 Å². The summed E-state index contributed by atoms with van der Waals surface area (Å²) in [7, 11) is 0. The van der Waals surface area contributed by atoms with E-state index in [4.69, 9.17) is 5.73 Å². The van der Waals surface area contributed by atoms with Crippen LogP contribution >= 0.6 is 15.9 Å². The second kappa shape index (κ2) is 5.47. The summed E-state index contributed by atoms with van der Waals surface area (Å²) >= 11 is 3.03. The number of hydrogen-bond donors (Lipinski definition) is 2. The Bertz CT molecular complexity index is 687. The smallest absolute Gasteiger partial charge is 0.381 e. The Hall–Kier alpha value is -1.90. The van der Waals surface area contributed by atoms with E-state index in [2.05, 4.69) is 26.2 Å². The molecular formula is C12H7BrF5N3. The molecule has 0 unspecified atom stereocenters. The summed E-state index contributed by atoms with van der Waals surface area (Å²) in [5.74, 6) is -3.18. The maximum atomic E-state index is 13.5. The molecule has 0 fully saturated rings. The van der Waals surface area contributed by atoms with E-state index in [9.17, 15) is 22.0 Å². The summed E-state index contributed by atoms with van der Waals surface area (Å²) in [5, 5.41) is 2.34. The van der Waals surface area contributed by atoms with Crippen molar-refractivity contribution in [3.05, 3.63) is 45.9 Å². The summed E-state index contributed by atoms with van der Waals surface area (Å²) in [4.78, 5) is 3.42. The number of halogens is 6. The van der Waals surface area contributed by atoms with Crippen molar-refractivity contribution >= 4 is 33.3 Å². The molecule has 1 aromatic carbocycles. The third-order valence-corrected chi connectivity index (χ3v) is 3.19. The van der Waals surface area contributed by atoms with Crippen molar-refractivity contribution in [2.75, 3.05) is 11.1 Å². The third-order valence-electron chi connectivity index (χ3n) is 2.50. The molecule has 2 rings (SSSR count). The minimum absolute atomic E-state index is 0.0813. The van der Waals surface area contributed by atoms with Gasteiger partial charge < -0.3 is 11.1 Å². The molecule has 0 aliphatic rings. The van der Waals surface area contributed by atoms with Gasteiger partial charge in [-0.1, -0.05) is 0 Å². The maximum absolute atomic E-state index is 13.5. The first-order valence-electron chi connectivity index (χ1n) is 5.44. The second-order valence-electron chi connectivity index (χ2n) is 4.00. The number of aromatic nitrogens is 1. The highest BCUT2D eigenvalue weighted by Crippen LogP contribution is 2.35. The van der Waals surface area contributed by atoms with Gasteiger partial charge in [-0.25, -0.2) is 13.8 Å². The molecule has 0 aliphatic carbocycles. The average molecular weight is 368 g/mol. The molecular weight excluding hydrogens is 361 g/mol. The third kappa shape index (κ3) is 3.41. The van der Waals surface area contributed by atoms with Crippen LogP contribution in [0.1, 0.15) is 5.56 Å². The zero-order chi connectivity index (χ0) is 15.8. The molecule has 3 N–H and O–H groups in total. The highest BCUT2D eigenvalue weighted by atomic mass is 79.9. The number of nitrogens with two attached hydrogens (primary N) is 1. The van der Waals surface area contributed by atoms with E-state index in [1.807, 2.05) is 0 Å². The summed E-state index contributed by atoms with van der Waals surface area (Å²) in [6.07, 6.45) is -4.55. The first-order valence-corrected chi connectivity index (χ1v) is 6.23. The van der Waals surface area contributed by atoms with E-state index in [1.54, 1.807) is 0 Å². The van der Waals surface area contributed by atoms with Gasteiger partial charge in [0.15, 0.2) is 23.3 Å². The first-order chi connectivity index (χ1) is 9.68. The van der Waals surface area contributed by atoms with Gasteiger partial charge in [-0.3, -0.25) is 0 Å². The van der Waals surface area contributed by atoms with E-state index >= 15 is 0 Å². The van der Waals surface area contributed by atoms with Crippen LogP contribution < -0.4 is 11.1 Å². The Labute approximate surface area is 124 Å².